The van der Waals surface area contributed by atoms with Gasteiger partial charge in [0.25, 0.3) is 0 Å². The van der Waals surface area contributed by atoms with Gasteiger partial charge < -0.3 is 10.1 Å². The maximum atomic E-state index is 14.3. The van der Waals surface area contributed by atoms with E-state index in [-0.39, 0.29) is 24.4 Å². The molecule has 1 aliphatic carbocycles. The first-order valence-electron chi connectivity index (χ1n) is 13.1. The fourth-order valence-electron chi connectivity index (χ4n) is 5.40. The second-order valence-electron chi connectivity index (χ2n) is 9.91. The third kappa shape index (κ3) is 5.11. The molecule has 1 atom stereocenters. The molecule has 1 aromatic heterocycles. The molecule has 1 heterocycles. The van der Waals surface area contributed by atoms with Gasteiger partial charge in [0.05, 0.1) is 18.3 Å². The van der Waals surface area contributed by atoms with Crippen molar-refractivity contribution in [1.82, 2.24) is 20.3 Å². The molecule has 196 valence electrons. The summed E-state index contributed by atoms with van der Waals surface area (Å²) in [6.07, 6.45) is 4.07. The van der Waals surface area contributed by atoms with Crippen LogP contribution in [0.5, 0.6) is 5.75 Å². The summed E-state index contributed by atoms with van der Waals surface area (Å²) in [4.78, 5) is 30.0. The number of methoxy groups -OCH3 is 1. The molecule has 0 saturated heterocycles. The number of carbonyl (C=O) groups excluding carboxylic acids is 2. The number of hydrogen-bond acceptors (Lipinski definition) is 5. The van der Waals surface area contributed by atoms with Crippen LogP contribution in [0, 0.1) is 13.8 Å². The van der Waals surface area contributed by atoms with Gasteiger partial charge in [0.15, 0.2) is 0 Å². The van der Waals surface area contributed by atoms with E-state index in [9.17, 15) is 9.59 Å². The number of carbonyl (C=O) groups is 2. The Labute approximate surface area is 222 Å². The first-order valence-corrected chi connectivity index (χ1v) is 13.1. The van der Waals surface area contributed by atoms with Crippen LogP contribution in [0.1, 0.15) is 48.4 Å². The number of aryl methyl sites for hydroxylation is 2. The van der Waals surface area contributed by atoms with E-state index in [4.69, 9.17) is 4.74 Å². The van der Waals surface area contributed by atoms with E-state index in [1.165, 1.54) is 0 Å². The Morgan fingerprint density at radius 3 is 2.47 bits per heavy atom. The van der Waals surface area contributed by atoms with Gasteiger partial charge in [-0.05, 0) is 67.6 Å². The predicted molar refractivity (Wildman–Crippen MR) is 147 cm³/mol. The van der Waals surface area contributed by atoms with Crippen LogP contribution in [0.15, 0.2) is 66.7 Å². The lowest BCUT2D eigenvalue weighted by molar-refractivity contribution is -0.127. The van der Waals surface area contributed by atoms with E-state index in [0.29, 0.717) is 16.8 Å². The van der Waals surface area contributed by atoms with Crippen molar-refractivity contribution < 1.29 is 14.3 Å². The lowest BCUT2D eigenvalue weighted by atomic mass is 9.99. The normalized spacial score (nSPS) is 14.4. The van der Waals surface area contributed by atoms with Crippen molar-refractivity contribution in [2.75, 3.05) is 12.0 Å². The number of nitrogens with one attached hydrogen (secondary N) is 1. The van der Waals surface area contributed by atoms with Crippen LogP contribution in [0.3, 0.4) is 0 Å². The molecular formula is C30H33N5O3. The Hall–Kier alpha value is -4.20. The average molecular weight is 512 g/mol. The number of amides is 2. The van der Waals surface area contributed by atoms with Gasteiger partial charge in [0.2, 0.25) is 11.8 Å². The second kappa shape index (κ2) is 11.0. The van der Waals surface area contributed by atoms with Crippen LogP contribution in [-0.4, -0.2) is 40.0 Å². The summed E-state index contributed by atoms with van der Waals surface area (Å²) < 4.78 is 7.08. The van der Waals surface area contributed by atoms with Gasteiger partial charge in [-0.25, -0.2) is 4.68 Å². The maximum absolute atomic E-state index is 14.3. The number of ether oxygens (including phenoxy) is 1. The number of fused-ring (bicyclic) bond motifs is 1. The van der Waals surface area contributed by atoms with Gasteiger partial charge in [-0.1, -0.05) is 60.5 Å². The Bertz CT molecular complexity index is 1440. The van der Waals surface area contributed by atoms with Crippen LogP contribution in [-0.2, 0) is 16.1 Å². The van der Waals surface area contributed by atoms with E-state index in [2.05, 4.69) is 15.6 Å². The fourth-order valence-corrected chi connectivity index (χ4v) is 5.40. The number of rotatable bonds is 8. The fraction of sp³-hybridized carbons (Fsp3) is 0.333. The van der Waals surface area contributed by atoms with Gasteiger partial charge in [0, 0.05) is 6.04 Å². The summed E-state index contributed by atoms with van der Waals surface area (Å²) in [6, 6.07) is 20.0. The number of para-hydroxylation sites is 2. The highest BCUT2D eigenvalue weighted by molar-refractivity contribution is 6.02. The monoisotopic (exact) mass is 511 g/mol. The highest BCUT2D eigenvalue weighted by Crippen LogP contribution is 2.35. The molecule has 0 aliphatic heterocycles. The summed E-state index contributed by atoms with van der Waals surface area (Å²) >= 11 is 0. The third-order valence-corrected chi connectivity index (χ3v) is 7.27. The molecule has 0 bridgehead atoms. The molecule has 38 heavy (non-hydrogen) atoms. The molecule has 3 aromatic carbocycles. The van der Waals surface area contributed by atoms with Crippen LogP contribution >= 0.6 is 0 Å². The quantitative estimate of drug-likeness (QED) is 0.364. The molecule has 0 unspecified atom stereocenters. The number of hydrogen-bond donors (Lipinski definition) is 1. The highest BCUT2D eigenvalue weighted by Gasteiger charge is 2.36. The highest BCUT2D eigenvalue weighted by atomic mass is 16.5. The Morgan fingerprint density at radius 2 is 1.74 bits per heavy atom. The van der Waals surface area contributed by atoms with Crippen LogP contribution < -0.4 is 15.0 Å². The van der Waals surface area contributed by atoms with Crippen molar-refractivity contribution in [2.24, 2.45) is 0 Å². The first-order chi connectivity index (χ1) is 18.5. The van der Waals surface area contributed by atoms with Gasteiger partial charge in [0.1, 0.15) is 23.9 Å². The van der Waals surface area contributed by atoms with Gasteiger partial charge in [-0.3, -0.25) is 14.5 Å². The zero-order chi connectivity index (χ0) is 26.6. The van der Waals surface area contributed by atoms with Crippen molar-refractivity contribution in [3.63, 3.8) is 0 Å². The molecule has 0 spiro atoms. The molecule has 1 N–H and O–H groups in total. The van der Waals surface area contributed by atoms with E-state index in [1.807, 2.05) is 80.6 Å². The number of aromatic nitrogens is 3. The number of benzene rings is 3. The summed E-state index contributed by atoms with van der Waals surface area (Å²) in [6.45, 7) is 3.86. The molecule has 4 aromatic rings. The Kier molecular flexibility index (Phi) is 7.40. The zero-order valence-corrected chi connectivity index (χ0v) is 22.1. The van der Waals surface area contributed by atoms with E-state index < -0.39 is 6.04 Å². The first kappa shape index (κ1) is 25.4. The van der Waals surface area contributed by atoms with Crippen LogP contribution in [0.2, 0.25) is 0 Å². The van der Waals surface area contributed by atoms with Crippen molar-refractivity contribution in [2.45, 2.75) is 58.2 Å². The third-order valence-electron chi connectivity index (χ3n) is 7.27. The van der Waals surface area contributed by atoms with Crippen molar-refractivity contribution in [1.29, 1.82) is 0 Å². The minimum absolute atomic E-state index is 0.0640. The molecule has 5 rings (SSSR count). The predicted octanol–water partition coefficient (Wildman–Crippen LogP) is 4.89. The second-order valence-corrected chi connectivity index (χ2v) is 9.91. The lowest BCUT2D eigenvalue weighted by Gasteiger charge is -2.34. The number of anilines is 1. The van der Waals surface area contributed by atoms with Crippen LogP contribution in [0.4, 0.5) is 5.69 Å². The largest absolute Gasteiger partial charge is 0.497 e. The van der Waals surface area contributed by atoms with Gasteiger partial charge in [-0.15, -0.1) is 5.10 Å². The van der Waals surface area contributed by atoms with Crippen molar-refractivity contribution in [3.8, 4) is 5.75 Å². The van der Waals surface area contributed by atoms with E-state index in [0.717, 1.165) is 48.0 Å². The van der Waals surface area contributed by atoms with E-state index in [1.54, 1.807) is 16.7 Å². The van der Waals surface area contributed by atoms with Crippen LogP contribution in [0.25, 0.3) is 11.0 Å². The summed E-state index contributed by atoms with van der Waals surface area (Å²) in [5.74, 6) is 0.161. The Morgan fingerprint density at radius 1 is 1.03 bits per heavy atom. The minimum Gasteiger partial charge on any atom is -0.497 e. The molecule has 1 fully saturated rings. The van der Waals surface area contributed by atoms with Gasteiger partial charge >= 0.3 is 0 Å². The molecule has 1 saturated carbocycles. The molecule has 1 aliphatic rings. The molecule has 0 radical (unpaired) electrons. The zero-order valence-electron chi connectivity index (χ0n) is 22.1. The Balaban J connectivity index is 1.63. The summed E-state index contributed by atoms with van der Waals surface area (Å²) in [5, 5.41) is 11.7. The van der Waals surface area contributed by atoms with Gasteiger partial charge in [-0.2, -0.15) is 0 Å². The topological polar surface area (TPSA) is 89.4 Å². The molecule has 8 heteroatoms. The van der Waals surface area contributed by atoms with Crippen molar-refractivity contribution in [3.05, 3.63) is 83.4 Å². The summed E-state index contributed by atoms with van der Waals surface area (Å²) in [5.41, 5.74) is 4.68. The molecule has 2 amide bonds. The SMILES string of the molecule is COc1cccc([C@H](C(=O)NC2CCCC2)N(C(=O)Cn2nnc3ccccc32)c2c(C)cccc2C)c1. The standard InChI is InChI=1S/C30H33N5O3/c1-20-10-8-11-21(2)28(20)35(27(36)19-34-26-17-7-6-16-25(26)32-33-34)29(22-12-9-15-24(18-22)38-3)30(37)31-23-13-4-5-14-23/h6-12,15-18,23,29H,4-5,13-14,19H2,1-3H3,(H,31,37)/t29-/m1/s1. The lowest BCUT2D eigenvalue weighted by Crippen LogP contribution is -2.47. The average Bonchev–Trinajstić information content (AvgIpc) is 3.58. The smallest absolute Gasteiger partial charge is 0.249 e. The maximum Gasteiger partial charge on any atom is 0.249 e. The molecule has 8 nitrogen and oxygen atoms in total. The van der Waals surface area contributed by atoms with Crippen molar-refractivity contribution >= 4 is 28.5 Å². The van der Waals surface area contributed by atoms with E-state index >= 15 is 0 Å². The molecular weight excluding hydrogens is 478 g/mol. The summed E-state index contributed by atoms with van der Waals surface area (Å²) in [7, 11) is 1.59. The number of nitrogens with zero attached hydrogens (tertiary/aromatic N) is 4. The minimum atomic E-state index is -0.896.